The number of rotatable bonds is 6. The second-order valence-electron chi connectivity index (χ2n) is 7.01. The lowest BCUT2D eigenvalue weighted by Gasteiger charge is -2.37. The van der Waals surface area contributed by atoms with E-state index in [0.29, 0.717) is 18.2 Å². The van der Waals surface area contributed by atoms with Crippen LogP contribution in [0.4, 0.5) is 11.5 Å². The van der Waals surface area contributed by atoms with Crippen molar-refractivity contribution in [2.75, 3.05) is 49.6 Å². The number of amides is 1. The molecule has 1 aliphatic rings. The Morgan fingerprint density at radius 1 is 1.15 bits per heavy atom. The molecule has 27 heavy (non-hydrogen) atoms. The van der Waals surface area contributed by atoms with E-state index < -0.39 is 0 Å². The number of para-hydroxylation sites is 2. The van der Waals surface area contributed by atoms with Crippen molar-refractivity contribution in [1.29, 1.82) is 0 Å². The van der Waals surface area contributed by atoms with Crippen molar-refractivity contribution >= 4 is 17.4 Å². The summed E-state index contributed by atoms with van der Waals surface area (Å²) in [5, 5.41) is 2.90. The Bertz CT molecular complexity index is 772. The Labute approximate surface area is 160 Å². The molecule has 0 atom stereocenters. The van der Waals surface area contributed by atoms with Crippen molar-refractivity contribution in [1.82, 2.24) is 15.3 Å². The zero-order valence-electron chi connectivity index (χ0n) is 16.2. The van der Waals surface area contributed by atoms with Crippen molar-refractivity contribution in [3.05, 3.63) is 42.4 Å². The van der Waals surface area contributed by atoms with Crippen LogP contribution in [-0.2, 0) is 0 Å². The molecule has 0 unspecified atom stereocenters. The number of hydrogen-bond acceptors (Lipinski definition) is 6. The maximum absolute atomic E-state index is 12.2. The Morgan fingerprint density at radius 2 is 1.85 bits per heavy atom. The highest BCUT2D eigenvalue weighted by Gasteiger charge is 2.21. The summed E-state index contributed by atoms with van der Waals surface area (Å²) < 4.78 is 5.47. The monoisotopic (exact) mass is 369 g/mol. The van der Waals surface area contributed by atoms with Gasteiger partial charge in [-0.25, -0.2) is 9.97 Å². The Morgan fingerprint density at radius 3 is 2.56 bits per heavy atom. The van der Waals surface area contributed by atoms with E-state index in [1.807, 2.05) is 18.2 Å². The van der Waals surface area contributed by atoms with Gasteiger partial charge in [-0.3, -0.25) is 4.79 Å². The molecular weight excluding hydrogens is 342 g/mol. The number of benzene rings is 1. The van der Waals surface area contributed by atoms with E-state index in [4.69, 9.17) is 4.74 Å². The number of anilines is 2. The third kappa shape index (κ3) is 4.67. The average molecular weight is 369 g/mol. The summed E-state index contributed by atoms with van der Waals surface area (Å²) in [6.45, 7) is 8.12. The molecule has 0 spiro atoms. The normalized spacial score (nSPS) is 14.4. The third-order valence-corrected chi connectivity index (χ3v) is 4.59. The number of carbonyl (C=O) groups excluding carboxylic acids is 1. The van der Waals surface area contributed by atoms with Gasteiger partial charge in [0.1, 0.15) is 23.6 Å². The van der Waals surface area contributed by atoms with E-state index in [0.717, 1.165) is 43.4 Å². The number of methoxy groups -OCH3 is 1. The SMILES string of the molecule is COc1ccccc1N1CCN(c2cc(C(=O)NCC(C)C)ncn2)CC1. The predicted octanol–water partition coefficient (Wildman–Crippen LogP) is 2.20. The summed E-state index contributed by atoms with van der Waals surface area (Å²) in [5.41, 5.74) is 1.52. The zero-order valence-corrected chi connectivity index (χ0v) is 16.2. The Balaban J connectivity index is 1.64. The van der Waals surface area contributed by atoms with Gasteiger partial charge in [0.25, 0.3) is 5.91 Å². The first-order valence-electron chi connectivity index (χ1n) is 9.31. The molecule has 1 saturated heterocycles. The van der Waals surface area contributed by atoms with Gasteiger partial charge in [0.05, 0.1) is 12.8 Å². The third-order valence-electron chi connectivity index (χ3n) is 4.59. The predicted molar refractivity (Wildman–Crippen MR) is 107 cm³/mol. The maximum Gasteiger partial charge on any atom is 0.270 e. The lowest BCUT2D eigenvalue weighted by Crippen LogP contribution is -2.47. The quantitative estimate of drug-likeness (QED) is 0.842. The van der Waals surface area contributed by atoms with E-state index in [1.165, 1.54) is 6.33 Å². The van der Waals surface area contributed by atoms with Crippen LogP contribution in [0.15, 0.2) is 36.7 Å². The van der Waals surface area contributed by atoms with Crippen molar-refractivity contribution in [2.45, 2.75) is 13.8 Å². The van der Waals surface area contributed by atoms with Crippen LogP contribution in [0.2, 0.25) is 0 Å². The molecule has 2 aromatic rings. The summed E-state index contributed by atoms with van der Waals surface area (Å²) in [5.74, 6) is 1.93. The first kappa shape index (κ1) is 18.9. The van der Waals surface area contributed by atoms with Gasteiger partial charge < -0.3 is 19.9 Å². The molecule has 1 N–H and O–H groups in total. The van der Waals surface area contributed by atoms with Gasteiger partial charge in [-0.05, 0) is 18.1 Å². The van der Waals surface area contributed by atoms with Crippen LogP contribution in [0.25, 0.3) is 0 Å². The molecular formula is C20H27N5O2. The summed E-state index contributed by atoms with van der Waals surface area (Å²) in [4.78, 5) is 25.2. The summed E-state index contributed by atoms with van der Waals surface area (Å²) in [6.07, 6.45) is 1.46. The molecule has 3 rings (SSSR count). The zero-order chi connectivity index (χ0) is 19.2. The molecule has 0 aliphatic carbocycles. The van der Waals surface area contributed by atoms with Crippen LogP contribution in [0.5, 0.6) is 5.75 Å². The average Bonchev–Trinajstić information content (AvgIpc) is 2.72. The second-order valence-corrected chi connectivity index (χ2v) is 7.01. The van der Waals surface area contributed by atoms with Crippen LogP contribution in [0.3, 0.4) is 0 Å². The van der Waals surface area contributed by atoms with Crippen LogP contribution in [0.1, 0.15) is 24.3 Å². The number of nitrogens with one attached hydrogen (secondary N) is 1. The molecule has 7 nitrogen and oxygen atoms in total. The number of piperazine rings is 1. The fourth-order valence-corrected chi connectivity index (χ4v) is 3.10. The highest BCUT2D eigenvalue weighted by molar-refractivity contribution is 5.92. The molecule has 1 aromatic carbocycles. The van der Waals surface area contributed by atoms with Crippen molar-refractivity contribution in [3.63, 3.8) is 0 Å². The number of carbonyl (C=O) groups is 1. The fraction of sp³-hybridized carbons (Fsp3) is 0.450. The standard InChI is InChI=1S/C20H27N5O2/c1-15(2)13-21-20(26)16-12-19(23-14-22-16)25-10-8-24(9-11-25)17-6-4-5-7-18(17)27-3/h4-7,12,14-15H,8-11,13H2,1-3H3,(H,21,26). The molecule has 0 radical (unpaired) electrons. The number of hydrogen-bond donors (Lipinski definition) is 1. The molecule has 1 aliphatic heterocycles. The van der Waals surface area contributed by atoms with Gasteiger partial charge in [-0.15, -0.1) is 0 Å². The van der Waals surface area contributed by atoms with Gasteiger partial charge in [0.2, 0.25) is 0 Å². The minimum Gasteiger partial charge on any atom is -0.495 e. The fourth-order valence-electron chi connectivity index (χ4n) is 3.10. The molecule has 2 heterocycles. The minimum absolute atomic E-state index is 0.153. The largest absolute Gasteiger partial charge is 0.495 e. The highest BCUT2D eigenvalue weighted by atomic mass is 16.5. The van der Waals surface area contributed by atoms with E-state index in [2.05, 4.69) is 45.0 Å². The molecule has 7 heteroatoms. The summed E-state index contributed by atoms with van der Waals surface area (Å²) in [6, 6.07) is 9.83. The number of nitrogens with zero attached hydrogens (tertiary/aromatic N) is 4. The smallest absolute Gasteiger partial charge is 0.270 e. The van der Waals surface area contributed by atoms with Gasteiger partial charge >= 0.3 is 0 Å². The molecule has 144 valence electrons. The highest BCUT2D eigenvalue weighted by Crippen LogP contribution is 2.28. The summed E-state index contributed by atoms with van der Waals surface area (Å²) in [7, 11) is 1.70. The van der Waals surface area contributed by atoms with Gasteiger partial charge in [0.15, 0.2) is 0 Å². The molecule has 1 fully saturated rings. The maximum atomic E-state index is 12.2. The van der Waals surface area contributed by atoms with Gasteiger partial charge in [-0.1, -0.05) is 26.0 Å². The lowest BCUT2D eigenvalue weighted by atomic mass is 10.2. The summed E-state index contributed by atoms with van der Waals surface area (Å²) >= 11 is 0. The Kier molecular flexibility index (Phi) is 6.11. The molecule has 1 amide bonds. The number of aromatic nitrogens is 2. The molecule has 0 bridgehead atoms. The van der Waals surface area contributed by atoms with Crippen molar-refractivity contribution in [3.8, 4) is 5.75 Å². The van der Waals surface area contributed by atoms with Crippen molar-refractivity contribution in [2.24, 2.45) is 5.92 Å². The first-order chi connectivity index (χ1) is 13.1. The topological polar surface area (TPSA) is 70.6 Å². The molecule has 0 saturated carbocycles. The van der Waals surface area contributed by atoms with Crippen LogP contribution < -0.4 is 19.9 Å². The lowest BCUT2D eigenvalue weighted by molar-refractivity contribution is 0.0944. The number of ether oxygens (including phenoxy) is 1. The minimum atomic E-state index is -0.153. The van der Waals surface area contributed by atoms with E-state index >= 15 is 0 Å². The first-order valence-corrected chi connectivity index (χ1v) is 9.31. The van der Waals surface area contributed by atoms with Crippen LogP contribution in [-0.4, -0.2) is 55.7 Å². The van der Waals surface area contributed by atoms with Gasteiger partial charge in [0, 0.05) is 38.8 Å². The van der Waals surface area contributed by atoms with E-state index in [-0.39, 0.29) is 5.91 Å². The van der Waals surface area contributed by atoms with Gasteiger partial charge in [-0.2, -0.15) is 0 Å². The Hall–Kier alpha value is -2.83. The second kappa shape index (κ2) is 8.70. The van der Waals surface area contributed by atoms with E-state index in [9.17, 15) is 4.79 Å². The molecule has 1 aromatic heterocycles. The van der Waals surface area contributed by atoms with Crippen molar-refractivity contribution < 1.29 is 9.53 Å². The van der Waals surface area contributed by atoms with E-state index in [1.54, 1.807) is 13.2 Å². The van der Waals surface area contributed by atoms with Crippen LogP contribution in [0, 0.1) is 5.92 Å². The van der Waals surface area contributed by atoms with Crippen LogP contribution >= 0.6 is 0 Å².